The Bertz CT molecular complexity index is 623. The molecule has 6 heteroatoms. The molecule has 1 N–H and O–H groups in total. The number of rotatable bonds is 1. The fourth-order valence-electron chi connectivity index (χ4n) is 1.48. The number of hydrogen-bond acceptors (Lipinski definition) is 2. The summed E-state index contributed by atoms with van der Waals surface area (Å²) in [6.07, 6.45) is 0. The third kappa shape index (κ3) is 2.30. The van der Waals surface area contributed by atoms with Crippen LogP contribution in [-0.2, 0) is 10.1 Å². The van der Waals surface area contributed by atoms with E-state index in [4.69, 9.17) is 16.2 Å². The van der Waals surface area contributed by atoms with Gasteiger partial charge in [0, 0.05) is 5.39 Å². The minimum atomic E-state index is -4.29. The van der Waals surface area contributed by atoms with Gasteiger partial charge in [0.25, 0.3) is 10.1 Å². The lowest BCUT2D eigenvalue weighted by atomic mass is 10.1. The first-order valence-corrected chi connectivity index (χ1v) is 5.97. The smallest absolute Gasteiger partial charge is 0.282 e. The predicted molar refractivity (Wildman–Crippen MR) is 66.0 cm³/mol. The van der Waals surface area contributed by atoms with Crippen molar-refractivity contribution >= 4 is 44.9 Å². The molecule has 0 aliphatic rings. The Morgan fingerprint density at radius 2 is 1.69 bits per heavy atom. The van der Waals surface area contributed by atoms with Gasteiger partial charge in [-0.25, -0.2) is 0 Å². The van der Waals surface area contributed by atoms with Crippen LogP contribution in [0.3, 0.4) is 0 Å². The molecule has 0 fully saturated rings. The van der Waals surface area contributed by atoms with Crippen molar-refractivity contribution in [2.75, 3.05) is 0 Å². The second kappa shape index (κ2) is 4.59. The highest BCUT2D eigenvalue weighted by Gasteiger charge is 2.17. The summed E-state index contributed by atoms with van der Waals surface area (Å²) < 4.78 is 31.3. The number of halogens is 2. The van der Waals surface area contributed by atoms with Crippen molar-refractivity contribution in [1.29, 1.82) is 0 Å². The molecule has 0 spiro atoms. The largest absolute Gasteiger partial charge is 0.296 e. The highest BCUT2D eigenvalue weighted by molar-refractivity contribution is 7.86. The van der Waals surface area contributed by atoms with Gasteiger partial charge in [-0.15, -0.1) is 12.4 Å². The first-order valence-electron chi connectivity index (χ1n) is 4.15. The quantitative estimate of drug-likeness (QED) is 0.816. The summed E-state index contributed by atoms with van der Waals surface area (Å²) in [4.78, 5) is -0.234. The van der Waals surface area contributed by atoms with Crippen LogP contribution in [0.2, 0.25) is 5.02 Å². The van der Waals surface area contributed by atoms with Crippen LogP contribution < -0.4 is 0 Å². The van der Waals surface area contributed by atoms with E-state index in [9.17, 15) is 8.42 Å². The van der Waals surface area contributed by atoms with Crippen molar-refractivity contribution < 1.29 is 13.0 Å². The zero-order valence-corrected chi connectivity index (χ0v) is 10.3. The van der Waals surface area contributed by atoms with Gasteiger partial charge in [0.15, 0.2) is 0 Å². The average Bonchev–Trinajstić information content (AvgIpc) is 2.15. The Morgan fingerprint density at radius 3 is 2.31 bits per heavy atom. The maximum Gasteiger partial charge on any atom is 0.296 e. The Hall–Kier alpha value is -0.810. The van der Waals surface area contributed by atoms with E-state index in [1.807, 2.05) is 0 Å². The third-order valence-corrected chi connectivity index (χ3v) is 3.47. The van der Waals surface area contributed by atoms with Gasteiger partial charge >= 0.3 is 0 Å². The van der Waals surface area contributed by atoms with E-state index in [0.29, 0.717) is 5.39 Å². The van der Waals surface area contributed by atoms with Crippen molar-refractivity contribution in [3.05, 3.63) is 41.4 Å². The Labute approximate surface area is 104 Å². The highest BCUT2D eigenvalue weighted by Crippen LogP contribution is 2.29. The fourth-order valence-corrected chi connectivity index (χ4v) is 2.71. The predicted octanol–water partition coefficient (Wildman–Crippen LogP) is 3.16. The summed E-state index contributed by atoms with van der Waals surface area (Å²) in [5.41, 5.74) is 0. The molecule has 0 saturated carbocycles. The monoisotopic (exact) mass is 278 g/mol. The van der Waals surface area contributed by atoms with Crippen LogP contribution in [0.25, 0.3) is 10.8 Å². The molecule has 0 aromatic heterocycles. The van der Waals surface area contributed by atoms with Crippen LogP contribution in [-0.4, -0.2) is 13.0 Å². The van der Waals surface area contributed by atoms with Gasteiger partial charge in [0.1, 0.15) is 4.90 Å². The summed E-state index contributed by atoms with van der Waals surface area (Å²) in [6.45, 7) is 0. The molecule has 0 amide bonds. The van der Waals surface area contributed by atoms with Crippen molar-refractivity contribution in [1.82, 2.24) is 0 Å². The molecular formula is C10H8Cl2O3S. The second-order valence-electron chi connectivity index (χ2n) is 3.07. The zero-order valence-electron chi connectivity index (χ0n) is 7.92. The first kappa shape index (κ1) is 13.3. The zero-order chi connectivity index (χ0) is 11.1. The molecule has 2 aromatic carbocycles. The van der Waals surface area contributed by atoms with E-state index < -0.39 is 10.1 Å². The van der Waals surface area contributed by atoms with E-state index in [-0.39, 0.29) is 22.3 Å². The molecule has 3 nitrogen and oxygen atoms in total. The van der Waals surface area contributed by atoms with Crippen molar-refractivity contribution in [3.63, 3.8) is 0 Å². The molecule has 0 unspecified atom stereocenters. The second-order valence-corrected chi connectivity index (χ2v) is 4.84. The third-order valence-electron chi connectivity index (χ3n) is 2.09. The lowest BCUT2D eigenvalue weighted by molar-refractivity contribution is 0.484. The minimum absolute atomic E-state index is 0. The van der Waals surface area contributed by atoms with Crippen LogP contribution >= 0.6 is 24.0 Å². The summed E-state index contributed by atoms with van der Waals surface area (Å²) in [5, 5.41) is 1.17. The van der Waals surface area contributed by atoms with E-state index in [2.05, 4.69) is 0 Å². The van der Waals surface area contributed by atoms with E-state index >= 15 is 0 Å². The number of hydrogen-bond donors (Lipinski definition) is 1. The summed E-state index contributed by atoms with van der Waals surface area (Å²) in [7, 11) is -4.29. The molecular weight excluding hydrogens is 271 g/mol. The van der Waals surface area contributed by atoms with Gasteiger partial charge in [0.05, 0.1) is 5.02 Å². The number of benzene rings is 2. The molecule has 0 aliphatic carbocycles. The normalized spacial score (nSPS) is 11.1. The Kier molecular flexibility index (Phi) is 3.80. The maximum absolute atomic E-state index is 11.1. The molecule has 0 aliphatic heterocycles. The topological polar surface area (TPSA) is 54.4 Å². The van der Waals surface area contributed by atoms with Crippen molar-refractivity contribution in [3.8, 4) is 0 Å². The van der Waals surface area contributed by atoms with E-state index in [1.165, 1.54) is 6.07 Å². The van der Waals surface area contributed by atoms with Gasteiger partial charge in [0.2, 0.25) is 0 Å². The van der Waals surface area contributed by atoms with Crippen LogP contribution in [0.5, 0.6) is 0 Å². The molecule has 86 valence electrons. The Morgan fingerprint density at radius 1 is 1.06 bits per heavy atom. The van der Waals surface area contributed by atoms with Crippen LogP contribution in [0.1, 0.15) is 0 Å². The SMILES string of the molecule is Cl.O=S(=O)(O)c1c(Cl)ccc2ccccc12. The van der Waals surface area contributed by atoms with Crippen LogP contribution in [0, 0.1) is 0 Å². The average molecular weight is 279 g/mol. The molecule has 0 atom stereocenters. The molecule has 2 rings (SSSR count). The van der Waals surface area contributed by atoms with E-state index in [1.54, 1.807) is 30.3 Å². The Balaban J connectivity index is 0.00000128. The number of fused-ring (bicyclic) bond motifs is 1. The summed E-state index contributed by atoms with van der Waals surface area (Å²) >= 11 is 5.75. The van der Waals surface area contributed by atoms with Gasteiger partial charge in [-0.2, -0.15) is 8.42 Å². The van der Waals surface area contributed by atoms with Gasteiger partial charge in [-0.05, 0) is 11.5 Å². The first-order chi connectivity index (χ1) is 7.00. The minimum Gasteiger partial charge on any atom is -0.282 e. The maximum atomic E-state index is 11.1. The summed E-state index contributed by atoms with van der Waals surface area (Å²) in [5.74, 6) is 0. The standard InChI is InChI=1S/C10H7ClO3S.ClH/c11-9-6-5-7-3-1-2-4-8(7)10(9)15(12,13)14;/h1-6H,(H,12,13,14);1H. The molecule has 16 heavy (non-hydrogen) atoms. The lowest BCUT2D eigenvalue weighted by Crippen LogP contribution is -2.00. The van der Waals surface area contributed by atoms with Crippen molar-refractivity contribution in [2.24, 2.45) is 0 Å². The molecule has 2 aromatic rings. The van der Waals surface area contributed by atoms with Crippen molar-refractivity contribution in [2.45, 2.75) is 4.90 Å². The fraction of sp³-hybridized carbons (Fsp3) is 0. The van der Waals surface area contributed by atoms with Crippen LogP contribution in [0.4, 0.5) is 0 Å². The molecule has 0 heterocycles. The van der Waals surface area contributed by atoms with Gasteiger partial charge < -0.3 is 0 Å². The van der Waals surface area contributed by atoms with Gasteiger partial charge in [-0.3, -0.25) is 4.55 Å². The van der Waals surface area contributed by atoms with E-state index in [0.717, 1.165) is 5.39 Å². The molecule has 0 radical (unpaired) electrons. The molecule has 0 bridgehead atoms. The van der Waals surface area contributed by atoms with Crippen LogP contribution in [0.15, 0.2) is 41.3 Å². The lowest BCUT2D eigenvalue weighted by Gasteiger charge is -2.05. The highest BCUT2D eigenvalue weighted by atomic mass is 35.5. The molecule has 0 saturated heterocycles. The summed E-state index contributed by atoms with van der Waals surface area (Å²) in [6, 6.07) is 9.97. The van der Waals surface area contributed by atoms with Gasteiger partial charge in [-0.1, -0.05) is 41.9 Å².